The molecule has 1 spiro atoms. The zero-order chi connectivity index (χ0) is 31.2. The van der Waals surface area contributed by atoms with Gasteiger partial charge in [0.15, 0.2) is 0 Å². The lowest BCUT2D eigenvalue weighted by Gasteiger charge is -2.45. The smallest absolute Gasteiger partial charge is 0.313 e. The predicted molar refractivity (Wildman–Crippen MR) is 157 cm³/mol. The van der Waals surface area contributed by atoms with Crippen molar-refractivity contribution in [3.8, 4) is 0 Å². The number of cyclic esters (lactones) is 1. The molecule has 0 aromatic heterocycles. The number of carbonyl (C=O) groups excluding carboxylic acids is 4. The number of hydrogen-bond acceptors (Lipinski definition) is 7. The van der Waals surface area contributed by atoms with E-state index in [9.17, 15) is 24.3 Å². The van der Waals surface area contributed by atoms with Crippen LogP contribution in [-0.4, -0.2) is 93.7 Å². The third-order valence-corrected chi connectivity index (χ3v) is 8.98. The molecule has 0 unspecified atom stereocenters. The van der Waals surface area contributed by atoms with Crippen molar-refractivity contribution in [3.05, 3.63) is 24.3 Å². The first kappa shape index (κ1) is 32.2. The second-order valence-electron chi connectivity index (χ2n) is 14.5. The summed E-state index contributed by atoms with van der Waals surface area (Å²) in [6.45, 7) is 16.1. The summed E-state index contributed by atoms with van der Waals surface area (Å²) < 4.78 is 12.5. The van der Waals surface area contributed by atoms with Crippen LogP contribution in [0.1, 0.15) is 74.7 Å². The number of nitrogens with zero attached hydrogens (tertiary/aromatic N) is 2. The van der Waals surface area contributed by atoms with Gasteiger partial charge in [0, 0.05) is 18.5 Å². The lowest BCUT2D eigenvalue weighted by Crippen LogP contribution is -2.62. The maximum Gasteiger partial charge on any atom is 0.313 e. The predicted octanol–water partition coefficient (Wildman–Crippen LogP) is 2.60. The Kier molecular flexibility index (Phi) is 9.01. The molecule has 10 nitrogen and oxygen atoms in total. The van der Waals surface area contributed by atoms with Gasteiger partial charge in [0.2, 0.25) is 17.7 Å². The largest absolute Gasteiger partial charge is 0.460 e. The van der Waals surface area contributed by atoms with Crippen LogP contribution >= 0.6 is 0 Å². The van der Waals surface area contributed by atoms with Gasteiger partial charge >= 0.3 is 5.97 Å². The van der Waals surface area contributed by atoms with E-state index < -0.39 is 59.1 Å². The summed E-state index contributed by atoms with van der Waals surface area (Å²) in [7, 11) is 0. The highest BCUT2D eigenvalue weighted by molar-refractivity contribution is 5.99. The molecule has 3 amide bonds. The molecule has 4 rings (SSSR count). The topological polar surface area (TPSA) is 125 Å². The van der Waals surface area contributed by atoms with Crippen LogP contribution in [0.15, 0.2) is 24.3 Å². The Bertz CT molecular complexity index is 1140. The summed E-state index contributed by atoms with van der Waals surface area (Å²) in [6, 6.07) is -1.72. The lowest BCUT2D eigenvalue weighted by atomic mass is 9.77. The molecule has 4 aliphatic heterocycles. The number of fused-ring (bicyclic) bond motifs is 2. The fourth-order valence-electron chi connectivity index (χ4n) is 7.52. The average molecular weight is 588 g/mol. The molecule has 0 aliphatic carbocycles. The second-order valence-corrected chi connectivity index (χ2v) is 14.5. The van der Waals surface area contributed by atoms with Crippen LogP contribution < -0.4 is 5.32 Å². The molecule has 0 radical (unpaired) electrons. The van der Waals surface area contributed by atoms with E-state index in [0.717, 1.165) is 6.42 Å². The van der Waals surface area contributed by atoms with E-state index in [1.165, 1.54) is 4.90 Å². The Morgan fingerprint density at radius 3 is 2.40 bits per heavy atom. The fourth-order valence-corrected chi connectivity index (χ4v) is 7.52. The third-order valence-electron chi connectivity index (χ3n) is 8.98. The number of hydrogen-bond donors (Lipinski definition) is 2. The van der Waals surface area contributed by atoms with Gasteiger partial charge < -0.3 is 29.7 Å². The van der Waals surface area contributed by atoms with Gasteiger partial charge in [0.05, 0.1) is 31.2 Å². The van der Waals surface area contributed by atoms with Crippen molar-refractivity contribution >= 4 is 23.7 Å². The van der Waals surface area contributed by atoms with E-state index in [0.29, 0.717) is 13.0 Å². The SMILES string of the molecule is CC(C)[C@H](CO)N1C(=O)[C@H]2[C@@H]3C(=O)O[C@@H](C)CNC(=O)CC/C=C\[C@@H]3O[C@]23C=CCN(C(C)(C)CC(C)(C)C)C(=O)[C@H]13. The van der Waals surface area contributed by atoms with E-state index >= 15 is 0 Å². The number of esters is 1. The first-order chi connectivity index (χ1) is 19.5. The van der Waals surface area contributed by atoms with Crippen LogP contribution in [0.25, 0.3) is 0 Å². The number of nitrogens with one attached hydrogen (secondary N) is 1. The van der Waals surface area contributed by atoms with E-state index in [2.05, 4.69) is 26.1 Å². The number of rotatable bonds is 5. The zero-order valence-corrected chi connectivity index (χ0v) is 26.4. The first-order valence-electron chi connectivity index (χ1n) is 15.3. The van der Waals surface area contributed by atoms with Gasteiger partial charge in [0.1, 0.15) is 23.7 Å². The first-order valence-corrected chi connectivity index (χ1v) is 15.3. The Hall–Kier alpha value is -2.72. The lowest BCUT2D eigenvalue weighted by molar-refractivity contribution is -0.161. The zero-order valence-electron chi connectivity index (χ0n) is 26.4. The molecule has 4 heterocycles. The maximum absolute atomic E-state index is 14.8. The molecule has 4 aliphatic rings. The molecule has 0 aromatic carbocycles. The summed E-state index contributed by atoms with van der Waals surface area (Å²) >= 11 is 0. The Morgan fingerprint density at radius 2 is 1.79 bits per heavy atom. The van der Waals surface area contributed by atoms with Crippen LogP contribution in [0, 0.1) is 23.2 Å². The molecular weight excluding hydrogens is 538 g/mol. The van der Waals surface area contributed by atoms with E-state index in [4.69, 9.17) is 9.47 Å². The molecule has 2 N–H and O–H groups in total. The number of allylic oxidation sites excluding steroid dienone is 1. The second kappa shape index (κ2) is 11.8. The summed E-state index contributed by atoms with van der Waals surface area (Å²) in [5.74, 6) is -3.59. The molecule has 234 valence electrons. The Morgan fingerprint density at radius 1 is 1.10 bits per heavy atom. The Balaban J connectivity index is 1.85. The number of ether oxygens (including phenoxy) is 2. The normalized spacial score (nSPS) is 34.1. The third kappa shape index (κ3) is 5.89. The minimum atomic E-state index is -1.43. The van der Waals surface area contributed by atoms with Crippen LogP contribution in [0.2, 0.25) is 0 Å². The van der Waals surface area contributed by atoms with Crippen molar-refractivity contribution in [3.63, 3.8) is 0 Å². The van der Waals surface area contributed by atoms with E-state index in [1.807, 2.05) is 38.7 Å². The van der Waals surface area contributed by atoms with Crippen LogP contribution in [0.4, 0.5) is 0 Å². The Labute approximate surface area is 249 Å². The van der Waals surface area contributed by atoms with Gasteiger partial charge in [-0.2, -0.15) is 0 Å². The molecular formula is C32H49N3O7. The highest BCUT2D eigenvalue weighted by Crippen LogP contribution is 2.54. The summed E-state index contributed by atoms with van der Waals surface area (Å²) in [5, 5.41) is 13.3. The highest BCUT2D eigenvalue weighted by Gasteiger charge is 2.73. The monoisotopic (exact) mass is 587 g/mol. The minimum Gasteiger partial charge on any atom is -0.460 e. The van der Waals surface area contributed by atoms with Crippen LogP contribution in [0.3, 0.4) is 0 Å². The number of aliphatic hydroxyl groups is 1. The molecule has 42 heavy (non-hydrogen) atoms. The van der Waals surface area contributed by atoms with Crippen molar-refractivity contribution in [1.29, 1.82) is 0 Å². The van der Waals surface area contributed by atoms with Crippen molar-refractivity contribution in [2.45, 2.75) is 110 Å². The van der Waals surface area contributed by atoms with E-state index in [1.54, 1.807) is 25.2 Å². The molecule has 2 saturated heterocycles. The van der Waals surface area contributed by atoms with Gasteiger partial charge in [-0.1, -0.05) is 58.9 Å². The van der Waals surface area contributed by atoms with Gasteiger partial charge in [-0.3, -0.25) is 19.2 Å². The molecule has 2 fully saturated rings. The molecule has 7 atom stereocenters. The van der Waals surface area contributed by atoms with Gasteiger partial charge in [-0.25, -0.2) is 0 Å². The van der Waals surface area contributed by atoms with Gasteiger partial charge in [0.25, 0.3) is 0 Å². The summed E-state index contributed by atoms with van der Waals surface area (Å²) in [4.78, 5) is 58.6. The quantitative estimate of drug-likeness (QED) is 0.374. The van der Waals surface area contributed by atoms with Crippen LogP contribution in [0.5, 0.6) is 0 Å². The number of amides is 3. The van der Waals surface area contributed by atoms with Gasteiger partial charge in [-0.05, 0) is 44.9 Å². The van der Waals surface area contributed by atoms with Crippen molar-refractivity contribution in [2.24, 2.45) is 23.2 Å². The summed E-state index contributed by atoms with van der Waals surface area (Å²) in [6.07, 6.45) is 7.17. The number of likely N-dealkylation sites (tertiary alicyclic amines) is 1. The molecule has 0 saturated carbocycles. The molecule has 10 heteroatoms. The standard InChI is InChI=1S/C32H49N3O7/c1-19(2)21(17-36)35-26-28(39)34(31(7,8)18-30(4,5)6)15-11-14-32(26)25(27(35)38)24-22(42-32)12-9-10-13-23(37)33-16-20(3)41-29(24)40/h9,11-12,14,19-22,24-26,36H,10,13,15-18H2,1-8H3,(H,33,37)/b12-9-/t20-,21-,22-,24+,25+,26-,32+/m0/s1. The van der Waals surface area contributed by atoms with E-state index in [-0.39, 0.29) is 42.7 Å². The molecule has 0 bridgehead atoms. The van der Waals surface area contributed by atoms with Gasteiger partial charge in [-0.15, -0.1) is 0 Å². The molecule has 0 aromatic rings. The summed E-state index contributed by atoms with van der Waals surface area (Å²) in [5.41, 5.74) is -2.05. The number of aliphatic hydroxyl groups excluding tert-OH is 1. The highest BCUT2D eigenvalue weighted by atomic mass is 16.6. The minimum absolute atomic E-state index is 0.0675. The van der Waals surface area contributed by atoms with Crippen molar-refractivity contribution in [2.75, 3.05) is 19.7 Å². The maximum atomic E-state index is 14.8. The average Bonchev–Trinajstić information content (AvgIpc) is 3.24. The number of carbonyl (C=O) groups is 4. The van der Waals surface area contributed by atoms with Crippen LogP contribution in [-0.2, 0) is 28.7 Å². The fraction of sp³-hybridized carbons (Fsp3) is 0.750. The van der Waals surface area contributed by atoms with Crippen molar-refractivity contribution in [1.82, 2.24) is 15.1 Å². The van der Waals surface area contributed by atoms with Crippen molar-refractivity contribution < 1.29 is 33.8 Å².